The summed E-state index contributed by atoms with van der Waals surface area (Å²) in [6, 6.07) is 10.8. The van der Waals surface area contributed by atoms with Gasteiger partial charge in [-0.3, -0.25) is 4.79 Å². The van der Waals surface area contributed by atoms with Crippen LogP contribution in [0.5, 0.6) is 5.75 Å². The summed E-state index contributed by atoms with van der Waals surface area (Å²) in [6.45, 7) is 3.50. The summed E-state index contributed by atoms with van der Waals surface area (Å²) in [4.78, 5) is 11.2. The Kier molecular flexibility index (Phi) is 4.38. The van der Waals surface area contributed by atoms with E-state index in [9.17, 15) is 14.3 Å². The molecule has 0 spiro atoms. The number of carboxylic acid groups (broad SMARTS) is 1. The minimum Gasteiger partial charge on any atom is -0.508 e. The molecule has 0 fully saturated rings. The molecule has 0 heterocycles. The van der Waals surface area contributed by atoms with E-state index in [4.69, 9.17) is 5.11 Å². The fraction of sp³-hybridized carbons (Fsp3) is 0.118. The summed E-state index contributed by atoms with van der Waals surface area (Å²) in [5, 5.41) is 18.4. The molecule has 2 N–H and O–H groups in total. The predicted molar refractivity (Wildman–Crippen MR) is 78.7 cm³/mol. The van der Waals surface area contributed by atoms with Gasteiger partial charge in [0, 0.05) is 5.56 Å². The molecular formula is C17H15FO3. The largest absolute Gasteiger partial charge is 0.508 e. The first kappa shape index (κ1) is 14.8. The number of carboxylic acids is 1. The van der Waals surface area contributed by atoms with Crippen LogP contribution in [0.25, 0.3) is 11.1 Å². The standard InChI is InChI=1S/C17H15FO3/c1-2-3-15(17(20)21)14-9-6-12(10-16(14)18)11-4-7-13(19)8-5-11/h2,4-10,15,19H,1,3H2,(H,20,21). The van der Waals surface area contributed by atoms with E-state index >= 15 is 0 Å². The van der Waals surface area contributed by atoms with E-state index in [0.717, 1.165) is 5.56 Å². The van der Waals surface area contributed by atoms with Gasteiger partial charge in [-0.05, 0) is 35.7 Å². The van der Waals surface area contributed by atoms with Crippen LogP contribution in [-0.2, 0) is 4.79 Å². The molecule has 0 aliphatic heterocycles. The van der Waals surface area contributed by atoms with Gasteiger partial charge < -0.3 is 10.2 Å². The molecule has 2 aromatic rings. The molecule has 1 atom stereocenters. The lowest BCUT2D eigenvalue weighted by Gasteiger charge is -2.13. The topological polar surface area (TPSA) is 57.5 Å². The Labute approximate surface area is 122 Å². The van der Waals surface area contributed by atoms with Crippen molar-refractivity contribution in [2.75, 3.05) is 0 Å². The number of halogens is 1. The molecule has 0 radical (unpaired) electrons. The number of phenols is 1. The Bertz CT molecular complexity index is 662. The molecule has 0 aliphatic rings. The molecule has 0 saturated carbocycles. The molecule has 1 unspecified atom stereocenters. The van der Waals surface area contributed by atoms with Crippen molar-refractivity contribution in [1.82, 2.24) is 0 Å². The van der Waals surface area contributed by atoms with Crippen molar-refractivity contribution in [3.63, 3.8) is 0 Å². The molecule has 0 amide bonds. The summed E-state index contributed by atoms with van der Waals surface area (Å²) in [5.41, 5.74) is 1.51. The normalized spacial score (nSPS) is 11.9. The smallest absolute Gasteiger partial charge is 0.311 e. The van der Waals surface area contributed by atoms with Crippen LogP contribution in [0, 0.1) is 5.82 Å². The first-order valence-electron chi connectivity index (χ1n) is 6.45. The van der Waals surface area contributed by atoms with Crippen LogP contribution in [-0.4, -0.2) is 16.2 Å². The Morgan fingerprint density at radius 1 is 1.19 bits per heavy atom. The van der Waals surface area contributed by atoms with Gasteiger partial charge in [-0.15, -0.1) is 6.58 Å². The van der Waals surface area contributed by atoms with E-state index in [2.05, 4.69) is 6.58 Å². The van der Waals surface area contributed by atoms with E-state index < -0.39 is 17.7 Å². The zero-order valence-electron chi connectivity index (χ0n) is 11.3. The van der Waals surface area contributed by atoms with Crippen LogP contribution in [0.3, 0.4) is 0 Å². The van der Waals surface area contributed by atoms with Gasteiger partial charge in [0.15, 0.2) is 0 Å². The van der Waals surface area contributed by atoms with Crippen molar-refractivity contribution in [3.8, 4) is 16.9 Å². The number of aromatic hydroxyl groups is 1. The predicted octanol–water partition coefficient (Wildman–Crippen LogP) is 3.94. The highest BCUT2D eigenvalue weighted by atomic mass is 19.1. The number of hydrogen-bond acceptors (Lipinski definition) is 2. The monoisotopic (exact) mass is 286 g/mol. The second kappa shape index (κ2) is 6.22. The summed E-state index contributed by atoms with van der Waals surface area (Å²) in [5.74, 6) is -2.44. The fourth-order valence-electron chi connectivity index (χ4n) is 2.17. The number of benzene rings is 2. The summed E-state index contributed by atoms with van der Waals surface area (Å²) < 4.78 is 14.2. The molecular weight excluding hydrogens is 271 g/mol. The van der Waals surface area contributed by atoms with Gasteiger partial charge in [-0.25, -0.2) is 4.39 Å². The van der Waals surface area contributed by atoms with Gasteiger partial charge >= 0.3 is 5.97 Å². The highest BCUT2D eigenvalue weighted by Gasteiger charge is 2.22. The van der Waals surface area contributed by atoms with E-state index in [1.54, 1.807) is 18.2 Å². The maximum atomic E-state index is 14.2. The molecule has 0 bridgehead atoms. The summed E-state index contributed by atoms with van der Waals surface area (Å²) in [7, 11) is 0. The lowest BCUT2D eigenvalue weighted by atomic mass is 9.93. The minimum atomic E-state index is -1.08. The average molecular weight is 286 g/mol. The number of rotatable bonds is 5. The lowest BCUT2D eigenvalue weighted by Crippen LogP contribution is -2.12. The van der Waals surface area contributed by atoms with E-state index in [1.807, 2.05) is 0 Å². The van der Waals surface area contributed by atoms with Crippen molar-refractivity contribution in [1.29, 1.82) is 0 Å². The average Bonchev–Trinajstić information content (AvgIpc) is 2.46. The molecule has 3 nitrogen and oxygen atoms in total. The molecule has 4 heteroatoms. The SMILES string of the molecule is C=CCC(C(=O)O)c1ccc(-c2ccc(O)cc2)cc1F. The van der Waals surface area contributed by atoms with Gasteiger partial charge in [0.1, 0.15) is 11.6 Å². The molecule has 2 rings (SSSR count). The van der Waals surface area contributed by atoms with Gasteiger partial charge in [-0.1, -0.05) is 30.3 Å². The molecule has 21 heavy (non-hydrogen) atoms. The third-order valence-electron chi connectivity index (χ3n) is 3.28. The van der Waals surface area contributed by atoms with Crippen LogP contribution in [0.4, 0.5) is 4.39 Å². The number of phenolic OH excluding ortho intramolecular Hbond substituents is 1. The van der Waals surface area contributed by atoms with Gasteiger partial charge in [0.05, 0.1) is 5.92 Å². The lowest BCUT2D eigenvalue weighted by molar-refractivity contribution is -0.138. The Morgan fingerprint density at radius 2 is 1.81 bits per heavy atom. The van der Waals surface area contributed by atoms with Crippen molar-refractivity contribution in [2.24, 2.45) is 0 Å². The Balaban J connectivity index is 2.38. The van der Waals surface area contributed by atoms with Gasteiger partial charge in [0.25, 0.3) is 0 Å². The van der Waals surface area contributed by atoms with Gasteiger partial charge in [-0.2, -0.15) is 0 Å². The quantitative estimate of drug-likeness (QED) is 0.818. The minimum absolute atomic E-state index is 0.132. The van der Waals surface area contributed by atoms with Crippen LogP contribution >= 0.6 is 0 Å². The van der Waals surface area contributed by atoms with Crippen LogP contribution in [0.2, 0.25) is 0 Å². The van der Waals surface area contributed by atoms with Crippen LogP contribution in [0.1, 0.15) is 17.9 Å². The van der Waals surface area contributed by atoms with Crippen molar-refractivity contribution < 1.29 is 19.4 Å². The number of hydrogen-bond donors (Lipinski definition) is 2. The number of aliphatic carboxylic acids is 1. The van der Waals surface area contributed by atoms with Gasteiger partial charge in [0.2, 0.25) is 0 Å². The van der Waals surface area contributed by atoms with Crippen LogP contribution < -0.4 is 0 Å². The molecule has 108 valence electrons. The van der Waals surface area contributed by atoms with Crippen molar-refractivity contribution in [3.05, 3.63) is 66.5 Å². The number of allylic oxidation sites excluding steroid dienone is 1. The highest BCUT2D eigenvalue weighted by molar-refractivity contribution is 5.77. The first-order valence-corrected chi connectivity index (χ1v) is 6.45. The fourth-order valence-corrected chi connectivity index (χ4v) is 2.17. The first-order chi connectivity index (χ1) is 10.0. The van der Waals surface area contributed by atoms with E-state index in [-0.39, 0.29) is 17.7 Å². The second-order valence-corrected chi connectivity index (χ2v) is 4.70. The Hall–Kier alpha value is -2.62. The van der Waals surface area contributed by atoms with Crippen LogP contribution in [0.15, 0.2) is 55.1 Å². The summed E-state index contributed by atoms with van der Waals surface area (Å²) >= 11 is 0. The maximum absolute atomic E-state index is 14.2. The van der Waals surface area contributed by atoms with E-state index in [0.29, 0.717) is 5.56 Å². The molecule has 0 saturated heterocycles. The number of carbonyl (C=O) groups is 1. The molecule has 2 aromatic carbocycles. The third kappa shape index (κ3) is 3.28. The maximum Gasteiger partial charge on any atom is 0.311 e. The van der Waals surface area contributed by atoms with Crippen molar-refractivity contribution >= 4 is 5.97 Å². The van der Waals surface area contributed by atoms with E-state index in [1.165, 1.54) is 30.3 Å². The highest BCUT2D eigenvalue weighted by Crippen LogP contribution is 2.28. The summed E-state index contributed by atoms with van der Waals surface area (Å²) in [6.07, 6.45) is 1.64. The zero-order valence-corrected chi connectivity index (χ0v) is 11.3. The molecule has 0 aliphatic carbocycles. The third-order valence-corrected chi connectivity index (χ3v) is 3.28. The van der Waals surface area contributed by atoms with Crippen molar-refractivity contribution in [2.45, 2.75) is 12.3 Å². The zero-order chi connectivity index (χ0) is 15.4. The Morgan fingerprint density at radius 3 is 2.33 bits per heavy atom. The second-order valence-electron chi connectivity index (χ2n) is 4.70. The molecule has 0 aromatic heterocycles.